The minimum Gasteiger partial charge on any atom is -0.325 e. The van der Waals surface area contributed by atoms with Crippen LogP contribution in [0.2, 0.25) is 0 Å². The van der Waals surface area contributed by atoms with Gasteiger partial charge in [0.15, 0.2) is 4.77 Å². The third-order valence-corrected chi connectivity index (χ3v) is 3.24. The van der Waals surface area contributed by atoms with E-state index in [-0.39, 0.29) is 11.2 Å². The van der Waals surface area contributed by atoms with E-state index in [0.717, 1.165) is 4.57 Å². The van der Waals surface area contributed by atoms with Crippen LogP contribution in [0.3, 0.4) is 0 Å². The highest BCUT2D eigenvalue weighted by Gasteiger charge is 2.15. The minimum absolute atomic E-state index is 0.346. The highest BCUT2D eigenvalue weighted by molar-refractivity contribution is 7.71. The third kappa shape index (κ3) is 1.74. The lowest BCUT2D eigenvalue weighted by atomic mass is 10.2. The maximum absolute atomic E-state index is 12.0. The Morgan fingerprint density at radius 2 is 1.83 bits per heavy atom. The monoisotopic (exact) mass is 268 g/mol. The molecule has 0 saturated carbocycles. The fraction of sp³-hybridized carbons (Fsp3) is 0.545. The number of nitrogens with one attached hydrogen (secondary N) is 1. The lowest BCUT2D eigenvalue weighted by Gasteiger charge is -2.10. The van der Waals surface area contributed by atoms with Gasteiger partial charge in [0.2, 0.25) is 0 Å². The zero-order valence-corrected chi connectivity index (χ0v) is 11.7. The van der Waals surface area contributed by atoms with Gasteiger partial charge in [-0.05, 0) is 18.1 Å². The molecule has 18 heavy (non-hydrogen) atoms. The molecule has 0 amide bonds. The van der Waals surface area contributed by atoms with Gasteiger partial charge >= 0.3 is 5.69 Å². The van der Waals surface area contributed by atoms with Crippen molar-refractivity contribution in [2.75, 3.05) is 0 Å². The summed E-state index contributed by atoms with van der Waals surface area (Å²) in [5.41, 5.74) is 0.243. The Balaban J connectivity index is 3.00. The summed E-state index contributed by atoms with van der Waals surface area (Å²) < 4.78 is 4.80. The normalized spacial score (nSPS) is 11.6. The molecule has 0 aliphatic heterocycles. The van der Waals surface area contributed by atoms with Crippen molar-refractivity contribution in [2.24, 2.45) is 20.0 Å². The number of aryl methyl sites for hydroxylation is 1. The van der Waals surface area contributed by atoms with Crippen molar-refractivity contribution in [3.8, 4) is 0 Å². The van der Waals surface area contributed by atoms with Crippen LogP contribution in [0.25, 0.3) is 11.2 Å². The first kappa shape index (κ1) is 12.8. The first-order chi connectivity index (χ1) is 8.34. The standard InChI is InChI=1S/C11H16N4O2S/c1-6(2)5-15-8-7(12-10(15)18)9(16)14(4)11(17)13(8)3/h6H,5H2,1-4H3,(H,12,18). The summed E-state index contributed by atoms with van der Waals surface area (Å²) in [5.74, 6) is 0.370. The van der Waals surface area contributed by atoms with Crippen LogP contribution in [0.1, 0.15) is 13.8 Å². The SMILES string of the molecule is CC(C)Cn1c(=S)[nH]c2c(=O)n(C)c(=O)n(C)c21. The number of H-pyrrole nitrogens is 1. The van der Waals surface area contributed by atoms with Gasteiger partial charge in [-0.25, -0.2) is 4.79 Å². The molecule has 0 atom stereocenters. The van der Waals surface area contributed by atoms with Crippen LogP contribution in [0.4, 0.5) is 0 Å². The second kappa shape index (κ2) is 4.24. The molecule has 0 aliphatic rings. The van der Waals surface area contributed by atoms with Crippen LogP contribution < -0.4 is 11.2 Å². The number of fused-ring (bicyclic) bond motifs is 1. The second-order valence-corrected chi connectivity index (χ2v) is 5.23. The molecule has 0 radical (unpaired) electrons. The van der Waals surface area contributed by atoms with Crippen LogP contribution in [0, 0.1) is 10.7 Å². The smallest absolute Gasteiger partial charge is 0.325 e. The summed E-state index contributed by atoms with van der Waals surface area (Å²) in [6, 6.07) is 0. The number of aromatic nitrogens is 4. The number of nitrogens with zero attached hydrogens (tertiary/aromatic N) is 3. The van der Waals surface area contributed by atoms with Crippen molar-refractivity contribution < 1.29 is 0 Å². The summed E-state index contributed by atoms with van der Waals surface area (Å²) in [6.07, 6.45) is 0. The van der Waals surface area contributed by atoms with Gasteiger partial charge in [0.1, 0.15) is 11.2 Å². The second-order valence-electron chi connectivity index (χ2n) is 4.84. The Morgan fingerprint density at radius 3 is 2.39 bits per heavy atom. The molecule has 98 valence electrons. The van der Waals surface area contributed by atoms with Crippen LogP contribution in [0.5, 0.6) is 0 Å². The number of rotatable bonds is 2. The molecule has 7 heteroatoms. The van der Waals surface area contributed by atoms with E-state index in [2.05, 4.69) is 18.8 Å². The summed E-state index contributed by atoms with van der Waals surface area (Å²) in [5, 5.41) is 0. The van der Waals surface area contributed by atoms with E-state index in [1.165, 1.54) is 11.6 Å². The molecule has 0 saturated heterocycles. The van der Waals surface area contributed by atoms with Gasteiger partial charge in [0.25, 0.3) is 5.56 Å². The molecule has 0 bridgehead atoms. The van der Waals surface area contributed by atoms with Crippen molar-refractivity contribution in [3.05, 3.63) is 25.6 Å². The third-order valence-electron chi connectivity index (χ3n) is 2.91. The fourth-order valence-corrected chi connectivity index (χ4v) is 2.33. The number of hydrogen-bond donors (Lipinski definition) is 1. The molecule has 0 aliphatic carbocycles. The van der Waals surface area contributed by atoms with Gasteiger partial charge in [-0.3, -0.25) is 13.9 Å². The molecule has 1 N–H and O–H groups in total. The lowest BCUT2D eigenvalue weighted by molar-refractivity contribution is 0.520. The van der Waals surface area contributed by atoms with E-state index in [4.69, 9.17) is 12.2 Å². The van der Waals surface area contributed by atoms with E-state index in [9.17, 15) is 9.59 Å². The summed E-state index contributed by atoms with van der Waals surface area (Å²) in [7, 11) is 3.10. The van der Waals surface area contributed by atoms with Crippen LogP contribution in [0.15, 0.2) is 9.59 Å². The zero-order chi connectivity index (χ0) is 13.6. The Bertz CT molecular complexity index is 775. The topological polar surface area (TPSA) is 64.7 Å². The van der Waals surface area contributed by atoms with Crippen LogP contribution >= 0.6 is 12.2 Å². The average molecular weight is 268 g/mol. The zero-order valence-electron chi connectivity index (χ0n) is 10.9. The largest absolute Gasteiger partial charge is 0.332 e. The number of aromatic amines is 1. The molecule has 2 aromatic rings. The van der Waals surface area contributed by atoms with Crippen molar-refractivity contribution >= 4 is 23.4 Å². The van der Waals surface area contributed by atoms with Gasteiger partial charge in [-0.1, -0.05) is 13.8 Å². The minimum atomic E-state index is -0.348. The molecule has 2 heterocycles. The Morgan fingerprint density at radius 1 is 1.22 bits per heavy atom. The van der Waals surface area contributed by atoms with E-state index >= 15 is 0 Å². The van der Waals surface area contributed by atoms with E-state index in [1.807, 2.05) is 0 Å². The highest BCUT2D eigenvalue weighted by atomic mass is 32.1. The molecule has 0 aromatic carbocycles. The Kier molecular flexibility index (Phi) is 3.02. The highest BCUT2D eigenvalue weighted by Crippen LogP contribution is 2.10. The molecule has 2 rings (SSSR count). The maximum atomic E-state index is 12.0. The number of hydrogen-bond acceptors (Lipinski definition) is 3. The molecule has 0 spiro atoms. The Hall–Kier alpha value is -1.63. The summed E-state index contributed by atoms with van der Waals surface area (Å²) in [6.45, 7) is 4.78. The predicted molar refractivity (Wildman–Crippen MR) is 72.4 cm³/mol. The number of imidazole rings is 1. The molecular formula is C11H16N4O2S. The quantitative estimate of drug-likeness (QED) is 0.818. The van der Waals surface area contributed by atoms with Crippen molar-refractivity contribution in [1.29, 1.82) is 0 Å². The van der Waals surface area contributed by atoms with E-state index < -0.39 is 0 Å². The van der Waals surface area contributed by atoms with Gasteiger partial charge in [-0.2, -0.15) is 0 Å². The molecule has 6 nitrogen and oxygen atoms in total. The first-order valence-electron chi connectivity index (χ1n) is 5.73. The summed E-state index contributed by atoms with van der Waals surface area (Å²) in [4.78, 5) is 26.8. The van der Waals surface area contributed by atoms with Gasteiger partial charge in [0, 0.05) is 20.6 Å². The maximum Gasteiger partial charge on any atom is 0.332 e. The van der Waals surface area contributed by atoms with Crippen molar-refractivity contribution in [1.82, 2.24) is 18.7 Å². The van der Waals surface area contributed by atoms with E-state index in [1.54, 1.807) is 11.6 Å². The Labute approximate surface area is 108 Å². The van der Waals surface area contributed by atoms with Crippen molar-refractivity contribution in [3.63, 3.8) is 0 Å². The van der Waals surface area contributed by atoms with E-state index in [0.29, 0.717) is 28.4 Å². The lowest BCUT2D eigenvalue weighted by Crippen LogP contribution is -2.37. The molecule has 0 unspecified atom stereocenters. The average Bonchev–Trinajstić information content (AvgIpc) is 2.61. The molecular weight excluding hydrogens is 252 g/mol. The summed E-state index contributed by atoms with van der Waals surface area (Å²) >= 11 is 5.22. The molecule has 2 aromatic heterocycles. The van der Waals surface area contributed by atoms with Gasteiger partial charge in [0.05, 0.1) is 0 Å². The van der Waals surface area contributed by atoms with Crippen LogP contribution in [-0.4, -0.2) is 18.7 Å². The fourth-order valence-electron chi connectivity index (χ4n) is 2.06. The van der Waals surface area contributed by atoms with Gasteiger partial charge < -0.3 is 9.55 Å². The van der Waals surface area contributed by atoms with Crippen molar-refractivity contribution in [2.45, 2.75) is 20.4 Å². The van der Waals surface area contributed by atoms with Crippen LogP contribution in [-0.2, 0) is 20.6 Å². The molecule has 0 fully saturated rings. The predicted octanol–water partition coefficient (Wildman–Crippen LogP) is 0.752. The van der Waals surface area contributed by atoms with Gasteiger partial charge in [-0.15, -0.1) is 0 Å². The first-order valence-corrected chi connectivity index (χ1v) is 6.14.